The number of fused-ring (bicyclic) bond motifs is 1. The van der Waals surface area contributed by atoms with Crippen LogP contribution >= 0.6 is 0 Å². The fourth-order valence-electron chi connectivity index (χ4n) is 3.31. The zero-order valence-electron chi connectivity index (χ0n) is 11.5. The van der Waals surface area contributed by atoms with Gasteiger partial charge in [-0.15, -0.1) is 0 Å². The molecule has 1 heterocycles. The molecule has 2 unspecified atom stereocenters. The van der Waals surface area contributed by atoms with Crippen molar-refractivity contribution in [3.05, 3.63) is 30.5 Å². The van der Waals surface area contributed by atoms with E-state index in [4.69, 9.17) is 11.5 Å². The number of amides is 1. The number of para-hydroxylation sites is 1. The molecule has 1 saturated carbocycles. The van der Waals surface area contributed by atoms with Crippen molar-refractivity contribution in [2.75, 3.05) is 0 Å². The standard InChI is InChI=1S/C15H20N4O/c16-14(20)15(17)8-3-5-12(15)7-9-19-13-6-2-1-4-11(13)10-18-19/h1-2,4,6,10,12H,3,5,7-9,17H2,(H2,16,20). The zero-order chi connectivity index (χ0) is 14.2. The molecule has 0 bridgehead atoms. The maximum absolute atomic E-state index is 11.6. The highest BCUT2D eigenvalue weighted by atomic mass is 16.1. The average molecular weight is 272 g/mol. The Morgan fingerprint density at radius 3 is 3.05 bits per heavy atom. The van der Waals surface area contributed by atoms with E-state index in [1.807, 2.05) is 29.1 Å². The van der Waals surface area contributed by atoms with Crippen LogP contribution in [0.5, 0.6) is 0 Å². The molecule has 0 saturated heterocycles. The van der Waals surface area contributed by atoms with Gasteiger partial charge >= 0.3 is 0 Å². The number of benzene rings is 1. The second kappa shape index (κ2) is 4.90. The SMILES string of the molecule is NC(=O)C1(N)CCCC1CCn1ncc2ccccc21. The third-order valence-corrected chi connectivity index (χ3v) is 4.57. The average Bonchev–Trinajstić information content (AvgIpc) is 3.01. The third-order valence-electron chi connectivity index (χ3n) is 4.57. The Morgan fingerprint density at radius 1 is 1.45 bits per heavy atom. The Hall–Kier alpha value is -1.88. The quantitative estimate of drug-likeness (QED) is 0.882. The molecule has 2 atom stereocenters. The predicted molar refractivity (Wildman–Crippen MR) is 77.8 cm³/mol. The molecule has 1 amide bonds. The minimum absolute atomic E-state index is 0.156. The first-order chi connectivity index (χ1) is 9.61. The van der Waals surface area contributed by atoms with Crippen LogP contribution in [0.1, 0.15) is 25.7 Å². The molecule has 5 nitrogen and oxygen atoms in total. The summed E-state index contributed by atoms with van der Waals surface area (Å²) < 4.78 is 1.98. The minimum atomic E-state index is -0.830. The van der Waals surface area contributed by atoms with Crippen LogP contribution in [0.15, 0.2) is 30.5 Å². The first-order valence-electron chi connectivity index (χ1n) is 7.10. The summed E-state index contributed by atoms with van der Waals surface area (Å²) in [4.78, 5) is 11.6. The second-order valence-corrected chi connectivity index (χ2v) is 5.71. The molecule has 0 radical (unpaired) electrons. The van der Waals surface area contributed by atoms with E-state index < -0.39 is 5.54 Å². The third kappa shape index (κ3) is 2.08. The van der Waals surface area contributed by atoms with Gasteiger partial charge in [-0.25, -0.2) is 0 Å². The van der Waals surface area contributed by atoms with E-state index in [9.17, 15) is 4.79 Å². The number of carbonyl (C=O) groups is 1. The van der Waals surface area contributed by atoms with Crippen molar-refractivity contribution in [2.45, 2.75) is 37.8 Å². The lowest BCUT2D eigenvalue weighted by Gasteiger charge is -2.28. The maximum Gasteiger partial charge on any atom is 0.237 e. The van der Waals surface area contributed by atoms with Crippen molar-refractivity contribution in [1.82, 2.24) is 9.78 Å². The molecule has 1 aromatic heterocycles. The van der Waals surface area contributed by atoms with Gasteiger partial charge in [0.1, 0.15) is 0 Å². The molecule has 1 aliphatic carbocycles. The molecule has 106 valence electrons. The number of aryl methyl sites for hydroxylation is 1. The number of primary amides is 1. The Kier molecular flexibility index (Phi) is 3.22. The van der Waals surface area contributed by atoms with Crippen molar-refractivity contribution >= 4 is 16.8 Å². The Labute approximate surface area is 117 Å². The molecule has 3 rings (SSSR count). The highest BCUT2D eigenvalue weighted by Crippen LogP contribution is 2.36. The molecule has 1 aromatic carbocycles. The number of carbonyl (C=O) groups excluding carboxylic acids is 1. The van der Waals surface area contributed by atoms with Crippen LogP contribution in [-0.2, 0) is 11.3 Å². The van der Waals surface area contributed by atoms with Gasteiger partial charge in [0.15, 0.2) is 0 Å². The van der Waals surface area contributed by atoms with Crippen molar-refractivity contribution in [3.63, 3.8) is 0 Å². The number of rotatable bonds is 4. The van der Waals surface area contributed by atoms with Crippen LogP contribution < -0.4 is 11.5 Å². The molecular formula is C15H20N4O. The van der Waals surface area contributed by atoms with Crippen LogP contribution in [0, 0.1) is 5.92 Å². The van der Waals surface area contributed by atoms with Gasteiger partial charge in [0, 0.05) is 11.9 Å². The maximum atomic E-state index is 11.6. The van der Waals surface area contributed by atoms with Crippen molar-refractivity contribution in [1.29, 1.82) is 0 Å². The van der Waals surface area contributed by atoms with E-state index in [0.29, 0.717) is 6.42 Å². The highest BCUT2D eigenvalue weighted by molar-refractivity contribution is 5.85. The summed E-state index contributed by atoms with van der Waals surface area (Å²) in [5.41, 5.74) is 12.0. The van der Waals surface area contributed by atoms with Crippen LogP contribution in [-0.4, -0.2) is 21.2 Å². The van der Waals surface area contributed by atoms with E-state index in [-0.39, 0.29) is 11.8 Å². The van der Waals surface area contributed by atoms with Crippen LogP contribution in [0.3, 0.4) is 0 Å². The zero-order valence-corrected chi connectivity index (χ0v) is 11.5. The monoisotopic (exact) mass is 272 g/mol. The lowest BCUT2D eigenvalue weighted by molar-refractivity contribution is -0.124. The number of nitrogens with two attached hydrogens (primary N) is 2. The van der Waals surface area contributed by atoms with E-state index in [1.165, 1.54) is 0 Å². The van der Waals surface area contributed by atoms with Gasteiger partial charge in [-0.2, -0.15) is 5.10 Å². The topological polar surface area (TPSA) is 86.9 Å². The van der Waals surface area contributed by atoms with Gasteiger partial charge in [0.25, 0.3) is 0 Å². The van der Waals surface area contributed by atoms with Crippen molar-refractivity contribution < 1.29 is 4.79 Å². The molecule has 2 aromatic rings. The predicted octanol–water partition coefficient (Wildman–Crippen LogP) is 1.41. The summed E-state index contributed by atoms with van der Waals surface area (Å²) in [6.45, 7) is 0.768. The van der Waals surface area contributed by atoms with E-state index in [2.05, 4.69) is 11.2 Å². The lowest BCUT2D eigenvalue weighted by Crippen LogP contribution is -2.54. The number of nitrogens with zero attached hydrogens (tertiary/aromatic N) is 2. The largest absolute Gasteiger partial charge is 0.368 e. The fraction of sp³-hybridized carbons (Fsp3) is 0.467. The van der Waals surface area contributed by atoms with Gasteiger partial charge < -0.3 is 11.5 Å². The summed E-state index contributed by atoms with van der Waals surface area (Å²) in [5.74, 6) is -0.215. The molecule has 0 aliphatic heterocycles. The molecule has 1 fully saturated rings. The molecule has 5 heteroatoms. The normalized spacial score (nSPS) is 26.1. The second-order valence-electron chi connectivity index (χ2n) is 5.71. The molecular weight excluding hydrogens is 252 g/mol. The van der Waals surface area contributed by atoms with Crippen molar-refractivity contribution in [2.24, 2.45) is 17.4 Å². The highest BCUT2D eigenvalue weighted by Gasteiger charge is 2.43. The van der Waals surface area contributed by atoms with Gasteiger partial charge in [0.05, 0.1) is 17.3 Å². The summed E-state index contributed by atoms with van der Waals surface area (Å²) in [5, 5.41) is 5.54. The molecule has 4 N–H and O–H groups in total. The first kappa shape index (κ1) is 13.1. The summed E-state index contributed by atoms with van der Waals surface area (Å²) in [6.07, 6.45) is 5.36. The molecule has 0 spiro atoms. The van der Waals surface area contributed by atoms with Gasteiger partial charge in [0.2, 0.25) is 5.91 Å². The Balaban J connectivity index is 1.75. The molecule has 1 aliphatic rings. The van der Waals surface area contributed by atoms with Gasteiger partial charge in [-0.1, -0.05) is 24.6 Å². The Bertz CT molecular complexity index is 636. The van der Waals surface area contributed by atoms with Crippen LogP contribution in [0.25, 0.3) is 10.9 Å². The van der Waals surface area contributed by atoms with E-state index >= 15 is 0 Å². The number of hydrogen-bond acceptors (Lipinski definition) is 3. The van der Waals surface area contributed by atoms with Gasteiger partial charge in [-0.05, 0) is 31.2 Å². The number of aromatic nitrogens is 2. The Morgan fingerprint density at radius 2 is 2.25 bits per heavy atom. The van der Waals surface area contributed by atoms with E-state index in [0.717, 1.165) is 36.7 Å². The smallest absolute Gasteiger partial charge is 0.237 e. The van der Waals surface area contributed by atoms with Gasteiger partial charge in [-0.3, -0.25) is 9.48 Å². The fourth-order valence-corrected chi connectivity index (χ4v) is 3.31. The van der Waals surface area contributed by atoms with Crippen LogP contribution in [0.4, 0.5) is 0 Å². The summed E-state index contributed by atoms with van der Waals surface area (Å²) in [7, 11) is 0. The van der Waals surface area contributed by atoms with E-state index in [1.54, 1.807) is 0 Å². The first-order valence-corrected chi connectivity index (χ1v) is 7.10. The number of hydrogen-bond donors (Lipinski definition) is 2. The van der Waals surface area contributed by atoms with Crippen molar-refractivity contribution in [3.8, 4) is 0 Å². The minimum Gasteiger partial charge on any atom is -0.368 e. The lowest BCUT2D eigenvalue weighted by atomic mass is 9.85. The summed E-state index contributed by atoms with van der Waals surface area (Å²) >= 11 is 0. The summed E-state index contributed by atoms with van der Waals surface area (Å²) in [6, 6.07) is 8.11. The molecule has 20 heavy (non-hydrogen) atoms. The van der Waals surface area contributed by atoms with Crippen LogP contribution in [0.2, 0.25) is 0 Å².